The maximum atomic E-state index is 11.1. The summed E-state index contributed by atoms with van der Waals surface area (Å²) in [6.07, 6.45) is 2.78. The van der Waals surface area contributed by atoms with E-state index in [0.717, 1.165) is 6.26 Å². The van der Waals surface area contributed by atoms with Crippen LogP contribution in [0, 0.1) is 11.3 Å². The Balaban J connectivity index is 2.95. The van der Waals surface area contributed by atoms with Crippen LogP contribution in [0.15, 0.2) is 21.7 Å². The maximum absolute atomic E-state index is 11.1. The van der Waals surface area contributed by atoms with Crippen molar-refractivity contribution in [3.05, 3.63) is 28.3 Å². The molecule has 0 unspecified atom stereocenters. The van der Waals surface area contributed by atoms with Gasteiger partial charge >= 0.3 is 0 Å². The van der Waals surface area contributed by atoms with Crippen molar-refractivity contribution in [2.75, 3.05) is 0 Å². The summed E-state index contributed by atoms with van der Waals surface area (Å²) in [5.74, 6) is -0.412. The third-order valence-electron chi connectivity index (χ3n) is 1.42. The third kappa shape index (κ3) is 1.64. The van der Waals surface area contributed by atoms with Crippen molar-refractivity contribution < 1.29 is 9.52 Å². The molecule has 0 bridgehead atoms. The number of nitrogens with zero attached hydrogens (tertiary/aromatic N) is 1. The van der Waals surface area contributed by atoms with Crippen molar-refractivity contribution in [1.29, 1.82) is 5.26 Å². The van der Waals surface area contributed by atoms with Gasteiger partial charge in [-0.1, -0.05) is 0 Å². The Hall–Kier alpha value is -1.76. The van der Waals surface area contributed by atoms with E-state index in [9.17, 15) is 4.79 Å². The molecule has 0 radical (unpaired) electrons. The molecule has 1 N–H and O–H groups in total. The summed E-state index contributed by atoms with van der Waals surface area (Å²) in [5.41, 5.74) is -0.131. The van der Waals surface area contributed by atoms with E-state index in [1.807, 2.05) is 6.07 Å². The van der Waals surface area contributed by atoms with Crippen LogP contribution in [0.2, 0.25) is 0 Å². The molecule has 0 aromatic carbocycles. The number of rotatable bonds is 2. The van der Waals surface area contributed by atoms with Crippen molar-refractivity contribution in [2.45, 2.75) is 12.8 Å². The lowest BCUT2D eigenvalue weighted by molar-refractivity contribution is 0.425. The van der Waals surface area contributed by atoms with Crippen molar-refractivity contribution >= 4 is 0 Å². The molecule has 62 valence electrons. The Morgan fingerprint density at radius 2 is 2.33 bits per heavy atom. The van der Waals surface area contributed by atoms with Gasteiger partial charge in [-0.25, -0.2) is 0 Å². The summed E-state index contributed by atoms with van der Waals surface area (Å²) in [4.78, 5) is 11.1. The highest BCUT2D eigenvalue weighted by atomic mass is 16.3. The largest absolute Gasteiger partial charge is 0.502 e. The first-order valence-electron chi connectivity index (χ1n) is 3.41. The minimum Gasteiger partial charge on any atom is -0.502 e. The molecule has 0 atom stereocenters. The highest BCUT2D eigenvalue weighted by Gasteiger charge is 2.03. The average Bonchev–Trinajstić information content (AvgIpc) is 2.08. The Morgan fingerprint density at radius 3 is 3.00 bits per heavy atom. The van der Waals surface area contributed by atoms with E-state index in [-0.39, 0.29) is 6.42 Å². The minimum absolute atomic E-state index is 0.244. The quantitative estimate of drug-likeness (QED) is 0.703. The molecule has 0 aliphatic heterocycles. The predicted octanol–water partition coefficient (Wildman–Crippen LogP) is 0.802. The molecule has 0 saturated carbocycles. The van der Waals surface area contributed by atoms with Crippen molar-refractivity contribution in [3.63, 3.8) is 0 Å². The number of aromatic hydroxyl groups is 1. The first-order chi connectivity index (χ1) is 5.75. The Kier molecular flexibility index (Phi) is 2.49. The summed E-state index contributed by atoms with van der Waals surface area (Å²) in [6, 6.07) is 1.90. The van der Waals surface area contributed by atoms with E-state index in [1.54, 1.807) is 0 Å². The van der Waals surface area contributed by atoms with Crippen LogP contribution >= 0.6 is 0 Å². The van der Waals surface area contributed by atoms with Crippen LogP contribution in [-0.2, 0) is 6.42 Å². The molecule has 1 heterocycles. The minimum atomic E-state index is -0.462. The van der Waals surface area contributed by atoms with Crippen molar-refractivity contribution in [1.82, 2.24) is 0 Å². The van der Waals surface area contributed by atoms with Gasteiger partial charge in [-0.3, -0.25) is 4.79 Å². The first kappa shape index (κ1) is 8.34. The van der Waals surface area contributed by atoms with Crippen LogP contribution in [-0.4, -0.2) is 5.11 Å². The van der Waals surface area contributed by atoms with E-state index in [1.165, 1.54) is 6.26 Å². The number of hydrogen-bond acceptors (Lipinski definition) is 4. The smallest absolute Gasteiger partial charge is 0.229 e. The van der Waals surface area contributed by atoms with Crippen LogP contribution in [0.1, 0.15) is 12.0 Å². The van der Waals surface area contributed by atoms with Crippen LogP contribution in [0.25, 0.3) is 0 Å². The summed E-state index contributed by atoms with van der Waals surface area (Å²) >= 11 is 0. The van der Waals surface area contributed by atoms with Gasteiger partial charge in [0, 0.05) is 12.0 Å². The molecule has 0 fully saturated rings. The van der Waals surface area contributed by atoms with E-state index in [2.05, 4.69) is 4.42 Å². The topological polar surface area (TPSA) is 74.2 Å². The van der Waals surface area contributed by atoms with E-state index in [0.29, 0.717) is 12.0 Å². The molecule has 12 heavy (non-hydrogen) atoms. The normalized spacial score (nSPS) is 9.25. The number of nitriles is 1. The molecule has 4 nitrogen and oxygen atoms in total. The van der Waals surface area contributed by atoms with E-state index >= 15 is 0 Å². The lowest BCUT2D eigenvalue weighted by Gasteiger charge is -1.94. The summed E-state index contributed by atoms with van der Waals surface area (Å²) < 4.78 is 4.66. The zero-order chi connectivity index (χ0) is 8.97. The first-order valence-corrected chi connectivity index (χ1v) is 3.41. The molecule has 4 heteroatoms. The summed E-state index contributed by atoms with van der Waals surface area (Å²) in [5, 5.41) is 17.2. The molecule has 1 aromatic heterocycles. The van der Waals surface area contributed by atoms with Crippen LogP contribution in [0.5, 0.6) is 5.75 Å². The molecule has 0 spiro atoms. The zero-order valence-corrected chi connectivity index (χ0v) is 6.28. The fraction of sp³-hybridized carbons (Fsp3) is 0.250. The number of aryl methyl sites for hydroxylation is 1. The summed E-state index contributed by atoms with van der Waals surface area (Å²) in [6.45, 7) is 0. The van der Waals surface area contributed by atoms with Gasteiger partial charge in [-0.2, -0.15) is 5.26 Å². The highest BCUT2D eigenvalue weighted by molar-refractivity contribution is 5.20. The van der Waals surface area contributed by atoms with Crippen molar-refractivity contribution in [2.24, 2.45) is 0 Å². The van der Waals surface area contributed by atoms with Crippen LogP contribution in [0.3, 0.4) is 0 Å². The molecule has 1 aromatic rings. The molecular weight excluding hydrogens is 158 g/mol. The van der Waals surface area contributed by atoms with Gasteiger partial charge in [-0.05, 0) is 6.42 Å². The van der Waals surface area contributed by atoms with Gasteiger partial charge in [-0.15, -0.1) is 0 Å². The molecule has 0 aliphatic rings. The monoisotopic (exact) mass is 165 g/mol. The van der Waals surface area contributed by atoms with Gasteiger partial charge < -0.3 is 9.52 Å². The fourth-order valence-corrected chi connectivity index (χ4v) is 0.815. The lowest BCUT2D eigenvalue weighted by atomic mass is 10.2. The maximum Gasteiger partial charge on any atom is 0.229 e. The van der Waals surface area contributed by atoms with E-state index < -0.39 is 11.2 Å². The summed E-state index contributed by atoms with van der Waals surface area (Å²) in [7, 11) is 0. The van der Waals surface area contributed by atoms with E-state index in [4.69, 9.17) is 10.4 Å². The molecule has 0 aliphatic carbocycles. The lowest BCUT2D eigenvalue weighted by Crippen LogP contribution is -2.06. The Morgan fingerprint density at radius 1 is 1.58 bits per heavy atom. The van der Waals surface area contributed by atoms with Crippen molar-refractivity contribution in [3.8, 4) is 11.8 Å². The van der Waals surface area contributed by atoms with Crippen LogP contribution in [0.4, 0.5) is 0 Å². The second-order valence-electron chi connectivity index (χ2n) is 2.27. The molecule has 0 amide bonds. The fourth-order valence-electron chi connectivity index (χ4n) is 0.815. The molecule has 0 saturated heterocycles. The van der Waals surface area contributed by atoms with Gasteiger partial charge in [0.25, 0.3) is 0 Å². The molecular formula is C8H7NO3. The highest BCUT2D eigenvalue weighted by Crippen LogP contribution is 2.03. The predicted molar refractivity (Wildman–Crippen MR) is 40.6 cm³/mol. The molecule has 1 rings (SSSR count). The number of hydrogen-bond donors (Lipinski definition) is 1. The van der Waals surface area contributed by atoms with Crippen LogP contribution < -0.4 is 5.43 Å². The third-order valence-corrected chi connectivity index (χ3v) is 1.42. The van der Waals surface area contributed by atoms with Gasteiger partial charge in [0.15, 0.2) is 5.75 Å². The van der Waals surface area contributed by atoms with Gasteiger partial charge in [0.2, 0.25) is 5.43 Å². The standard InChI is InChI=1S/C8H7NO3/c9-3-1-2-6-4-12-5-7(10)8(6)11/h4-5,10H,1-2H2. The average molecular weight is 165 g/mol. The Bertz CT molecular complexity index is 361. The zero-order valence-electron chi connectivity index (χ0n) is 6.28. The second kappa shape index (κ2) is 3.58. The van der Waals surface area contributed by atoms with Gasteiger partial charge in [0.1, 0.15) is 6.26 Å². The van der Waals surface area contributed by atoms with Gasteiger partial charge in [0.05, 0.1) is 12.3 Å². The second-order valence-corrected chi connectivity index (χ2v) is 2.27. The SMILES string of the molecule is N#CCCc1cocc(O)c1=O. The Labute approximate surface area is 68.7 Å².